The van der Waals surface area contributed by atoms with E-state index in [0.717, 1.165) is 22.3 Å². The number of nitrogens with zero attached hydrogens (tertiary/aromatic N) is 1. The van der Waals surface area contributed by atoms with Crippen molar-refractivity contribution in [2.24, 2.45) is 0 Å². The molecular formula is C26H33ClN2O5. The van der Waals surface area contributed by atoms with Crippen molar-refractivity contribution in [2.75, 3.05) is 20.2 Å². The molecule has 1 atom stereocenters. The molecular weight excluding hydrogens is 456 g/mol. The Morgan fingerprint density at radius 1 is 1.21 bits per heavy atom. The monoisotopic (exact) mass is 488 g/mol. The van der Waals surface area contributed by atoms with E-state index in [-0.39, 0.29) is 18.6 Å². The molecule has 7 nitrogen and oxygen atoms in total. The molecule has 0 spiro atoms. The lowest BCUT2D eigenvalue weighted by molar-refractivity contribution is 0.0506. The molecule has 0 radical (unpaired) electrons. The second kappa shape index (κ2) is 10.6. The summed E-state index contributed by atoms with van der Waals surface area (Å²) in [5.41, 5.74) is 2.93. The van der Waals surface area contributed by atoms with Gasteiger partial charge in [-0.05, 0) is 51.8 Å². The summed E-state index contributed by atoms with van der Waals surface area (Å²) in [6, 6.07) is 11.0. The zero-order chi connectivity index (χ0) is 25.0. The molecule has 1 heterocycles. The molecule has 2 amide bonds. The average molecular weight is 489 g/mol. The molecule has 0 saturated carbocycles. The first-order valence-corrected chi connectivity index (χ1v) is 11.7. The molecule has 1 aliphatic heterocycles. The fourth-order valence-corrected chi connectivity index (χ4v) is 4.21. The summed E-state index contributed by atoms with van der Waals surface area (Å²) in [4.78, 5) is 26.4. The Labute approximate surface area is 206 Å². The third-order valence-electron chi connectivity index (χ3n) is 5.71. The van der Waals surface area contributed by atoms with Crippen molar-refractivity contribution in [3.8, 4) is 5.75 Å². The number of carbonyl (C=O) groups is 2. The van der Waals surface area contributed by atoms with Crippen LogP contribution < -0.4 is 10.1 Å². The molecule has 1 N–H and O–H groups in total. The Morgan fingerprint density at radius 2 is 1.85 bits per heavy atom. The van der Waals surface area contributed by atoms with E-state index in [1.165, 1.54) is 0 Å². The molecule has 0 aromatic heterocycles. The number of hydrogen-bond acceptors (Lipinski definition) is 5. The number of rotatable bonds is 6. The van der Waals surface area contributed by atoms with Gasteiger partial charge in [-0.1, -0.05) is 41.9 Å². The minimum atomic E-state index is -0.603. The molecule has 0 bridgehead atoms. The van der Waals surface area contributed by atoms with Crippen LogP contribution >= 0.6 is 11.6 Å². The standard InChI is InChI=1S/C26H33ClN2O5/c1-16-21(27)12-20(17(2)28-24(30)34-26(3,4)5)23(32-6)22(16)19-13-29(14-19)25(31)33-15-18-10-8-7-9-11-18/h7-12,17,19H,13-15H2,1-6H3,(H,28,30). The van der Waals surface area contributed by atoms with Crippen molar-refractivity contribution < 1.29 is 23.8 Å². The van der Waals surface area contributed by atoms with Gasteiger partial charge in [0.25, 0.3) is 0 Å². The number of amides is 2. The molecule has 8 heteroatoms. The van der Waals surface area contributed by atoms with Crippen LogP contribution in [0.25, 0.3) is 0 Å². The van der Waals surface area contributed by atoms with Gasteiger partial charge in [-0.15, -0.1) is 0 Å². The van der Waals surface area contributed by atoms with E-state index < -0.39 is 17.7 Å². The minimum Gasteiger partial charge on any atom is -0.496 e. The quantitative estimate of drug-likeness (QED) is 0.541. The summed E-state index contributed by atoms with van der Waals surface area (Å²) < 4.78 is 16.6. The number of hydrogen-bond donors (Lipinski definition) is 1. The van der Waals surface area contributed by atoms with Crippen LogP contribution in [0.15, 0.2) is 36.4 Å². The van der Waals surface area contributed by atoms with Crippen LogP contribution in [0.5, 0.6) is 5.75 Å². The number of alkyl carbamates (subject to hydrolysis) is 1. The van der Waals surface area contributed by atoms with Crippen LogP contribution in [0, 0.1) is 6.92 Å². The number of carbonyl (C=O) groups excluding carboxylic acids is 2. The molecule has 3 rings (SSSR count). The third kappa shape index (κ3) is 6.14. The van der Waals surface area contributed by atoms with Gasteiger partial charge in [-0.25, -0.2) is 9.59 Å². The molecule has 1 unspecified atom stereocenters. The Hall–Kier alpha value is -2.93. The van der Waals surface area contributed by atoms with Crippen molar-refractivity contribution >= 4 is 23.8 Å². The van der Waals surface area contributed by atoms with Crippen molar-refractivity contribution in [1.29, 1.82) is 0 Å². The van der Waals surface area contributed by atoms with Crippen molar-refractivity contribution in [1.82, 2.24) is 10.2 Å². The van der Waals surface area contributed by atoms with Gasteiger partial charge in [0.15, 0.2) is 0 Å². The Kier molecular flexibility index (Phi) is 7.97. The van der Waals surface area contributed by atoms with E-state index in [1.54, 1.807) is 12.0 Å². The Morgan fingerprint density at radius 3 is 2.44 bits per heavy atom. The van der Waals surface area contributed by atoms with Crippen LogP contribution in [0.3, 0.4) is 0 Å². The highest BCUT2D eigenvalue weighted by molar-refractivity contribution is 6.31. The number of benzene rings is 2. The predicted molar refractivity (Wildman–Crippen MR) is 131 cm³/mol. The van der Waals surface area contributed by atoms with Gasteiger partial charge in [0, 0.05) is 35.2 Å². The zero-order valence-corrected chi connectivity index (χ0v) is 21.4. The maximum atomic E-state index is 12.5. The number of likely N-dealkylation sites (tertiary alicyclic amines) is 1. The van der Waals surface area contributed by atoms with Gasteiger partial charge >= 0.3 is 12.2 Å². The van der Waals surface area contributed by atoms with E-state index in [2.05, 4.69) is 5.32 Å². The fraction of sp³-hybridized carbons (Fsp3) is 0.462. The molecule has 0 aliphatic carbocycles. The van der Waals surface area contributed by atoms with E-state index in [9.17, 15) is 9.59 Å². The second-order valence-corrected chi connectivity index (χ2v) is 9.94. The van der Waals surface area contributed by atoms with E-state index >= 15 is 0 Å². The fourth-order valence-electron chi connectivity index (χ4n) is 3.99. The van der Waals surface area contributed by atoms with Gasteiger partial charge in [0.05, 0.1) is 13.2 Å². The number of halogens is 1. The summed E-state index contributed by atoms with van der Waals surface area (Å²) in [6.07, 6.45) is -0.866. The lowest BCUT2D eigenvalue weighted by Crippen LogP contribution is -2.49. The normalized spacial score (nSPS) is 14.7. The molecule has 1 saturated heterocycles. The van der Waals surface area contributed by atoms with Crippen LogP contribution in [0.4, 0.5) is 9.59 Å². The van der Waals surface area contributed by atoms with Gasteiger partial charge in [-0.2, -0.15) is 0 Å². The van der Waals surface area contributed by atoms with Crippen molar-refractivity contribution in [3.05, 3.63) is 63.7 Å². The highest BCUT2D eigenvalue weighted by Crippen LogP contribution is 2.43. The largest absolute Gasteiger partial charge is 0.496 e. The zero-order valence-electron chi connectivity index (χ0n) is 20.6. The topological polar surface area (TPSA) is 77.1 Å². The molecule has 2 aromatic carbocycles. The summed E-state index contributed by atoms with van der Waals surface area (Å²) in [7, 11) is 1.60. The van der Waals surface area contributed by atoms with E-state index in [1.807, 2.05) is 71.0 Å². The highest BCUT2D eigenvalue weighted by Gasteiger charge is 2.37. The molecule has 1 fully saturated rings. The van der Waals surface area contributed by atoms with E-state index in [4.69, 9.17) is 25.8 Å². The summed E-state index contributed by atoms with van der Waals surface area (Å²) >= 11 is 6.57. The van der Waals surface area contributed by atoms with Gasteiger partial charge in [-0.3, -0.25) is 0 Å². The molecule has 2 aromatic rings. The number of ether oxygens (including phenoxy) is 3. The smallest absolute Gasteiger partial charge is 0.410 e. The maximum Gasteiger partial charge on any atom is 0.410 e. The van der Waals surface area contributed by atoms with Crippen LogP contribution in [-0.2, 0) is 16.1 Å². The Balaban J connectivity index is 1.72. The van der Waals surface area contributed by atoms with Crippen LogP contribution in [0.1, 0.15) is 61.9 Å². The summed E-state index contributed by atoms with van der Waals surface area (Å²) in [5, 5.41) is 3.43. The second-order valence-electron chi connectivity index (χ2n) is 9.53. The van der Waals surface area contributed by atoms with Gasteiger partial charge in [0.1, 0.15) is 18.0 Å². The first-order chi connectivity index (χ1) is 16.0. The molecule has 34 heavy (non-hydrogen) atoms. The first kappa shape index (κ1) is 25.7. The Bertz CT molecular complexity index is 1030. The maximum absolute atomic E-state index is 12.5. The van der Waals surface area contributed by atoms with Crippen molar-refractivity contribution in [2.45, 2.75) is 58.8 Å². The van der Waals surface area contributed by atoms with E-state index in [0.29, 0.717) is 23.9 Å². The van der Waals surface area contributed by atoms with Gasteiger partial charge in [0.2, 0.25) is 0 Å². The highest BCUT2D eigenvalue weighted by atomic mass is 35.5. The average Bonchev–Trinajstić information content (AvgIpc) is 2.73. The number of methoxy groups -OCH3 is 1. The number of nitrogens with one attached hydrogen (secondary N) is 1. The predicted octanol–water partition coefficient (Wildman–Crippen LogP) is 5.98. The van der Waals surface area contributed by atoms with Crippen LogP contribution in [-0.4, -0.2) is 42.9 Å². The third-order valence-corrected chi connectivity index (χ3v) is 6.10. The van der Waals surface area contributed by atoms with Gasteiger partial charge < -0.3 is 24.4 Å². The SMILES string of the molecule is COc1c(C(C)NC(=O)OC(C)(C)C)cc(Cl)c(C)c1C1CN(C(=O)OCc2ccccc2)C1. The molecule has 1 aliphatic rings. The first-order valence-electron chi connectivity index (χ1n) is 11.3. The van der Waals surface area contributed by atoms with Crippen LogP contribution in [0.2, 0.25) is 5.02 Å². The molecule has 184 valence electrons. The summed E-state index contributed by atoms with van der Waals surface area (Å²) in [5.74, 6) is 0.707. The van der Waals surface area contributed by atoms with Crippen molar-refractivity contribution in [3.63, 3.8) is 0 Å². The lowest BCUT2D eigenvalue weighted by Gasteiger charge is -2.40. The minimum absolute atomic E-state index is 0.0467. The lowest BCUT2D eigenvalue weighted by atomic mass is 9.85. The summed E-state index contributed by atoms with van der Waals surface area (Å²) in [6.45, 7) is 10.5.